The van der Waals surface area contributed by atoms with Gasteiger partial charge in [-0.2, -0.15) is 13.2 Å². The zero-order chi connectivity index (χ0) is 14.6. The Balaban J connectivity index is 3.10. The summed E-state index contributed by atoms with van der Waals surface area (Å²) in [4.78, 5) is 19.5. The first-order valence-corrected chi connectivity index (χ1v) is 5.73. The highest BCUT2D eigenvalue weighted by atomic mass is 35.5. The van der Waals surface area contributed by atoms with Crippen molar-refractivity contribution in [2.45, 2.75) is 13.1 Å². The minimum absolute atomic E-state index is 0.0431. The number of aromatic nitrogens is 2. The first kappa shape index (κ1) is 15.5. The monoisotopic (exact) mass is 296 g/mol. The number of carbonyl (C=O) groups excluding carboxylic acids is 1. The zero-order valence-corrected chi connectivity index (χ0v) is 11.0. The summed E-state index contributed by atoms with van der Waals surface area (Å²) in [6.45, 7) is 1.88. The summed E-state index contributed by atoms with van der Waals surface area (Å²) >= 11 is 5.48. The molecule has 0 saturated carbocycles. The van der Waals surface area contributed by atoms with Crippen molar-refractivity contribution in [3.05, 3.63) is 17.0 Å². The molecule has 0 aliphatic carbocycles. The Morgan fingerprint density at radius 2 is 2.11 bits per heavy atom. The molecule has 1 N–H and O–H groups in total. The predicted molar refractivity (Wildman–Crippen MR) is 64.0 cm³/mol. The number of hydrogen-bond acceptors (Lipinski definition) is 4. The molecule has 5 nitrogen and oxygen atoms in total. The summed E-state index contributed by atoms with van der Waals surface area (Å²) < 4.78 is 37.8. The van der Waals surface area contributed by atoms with Crippen LogP contribution in [0.2, 0.25) is 5.28 Å². The van der Waals surface area contributed by atoms with E-state index in [9.17, 15) is 18.0 Å². The van der Waals surface area contributed by atoms with Crippen molar-refractivity contribution in [1.82, 2.24) is 15.3 Å². The highest BCUT2D eigenvalue weighted by Crippen LogP contribution is 2.30. The molecule has 0 fully saturated rings. The van der Waals surface area contributed by atoms with Gasteiger partial charge in [0.2, 0.25) is 11.2 Å². The fraction of sp³-hybridized carbons (Fsp3) is 0.500. The molecule has 9 heteroatoms. The van der Waals surface area contributed by atoms with Gasteiger partial charge in [0.25, 0.3) is 0 Å². The highest BCUT2D eigenvalue weighted by molar-refractivity contribution is 6.28. The van der Waals surface area contributed by atoms with Gasteiger partial charge in [0, 0.05) is 19.7 Å². The standard InChI is InChI=1S/C10H12ClF3N4O/c1-3-18(5-8(19)15-2)7-4-6(10(12,13)14)16-9(11)17-7/h4H,3,5H2,1-2H3,(H,15,19). The van der Waals surface area contributed by atoms with Crippen LogP contribution in [-0.2, 0) is 11.0 Å². The molecule has 0 aliphatic heterocycles. The Kier molecular flexibility index (Phi) is 4.93. The van der Waals surface area contributed by atoms with Gasteiger partial charge in [-0.25, -0.2) is 9.97 Å². The summed E-state index contributed by atoms with van der Waals surface area (Å²) in [5.41, 5.74) is -1.14. The van der Waals surface area contributed by atoms with E-state index < -0.39 is 17.2 Å². The Labute approximate surface area is 112 Å². The lowest BCUT2D eigenvalue weighted by Gasteiger charge is -2.21. The van der Waals surface area contributed by atoms with Gasteiger partial charge >= 0.3 is 6.18 Å². The van der Waals surface area contributed by atoms with Crippen LogP contribution >= 0.6 is 11.6 Å². The third kappa shape index (κ3) is 4.23. The number of carbonyl (C=O) groups is 1. The summed E-state index contributed by atoms with van der Waals surface area (Å²) in [6, 6.07) is 0.762. The van der Waals surface area contributed by atoms with E-state index in [2.05, 4.69) is 15.3 Å². The maximum absolute atomic E-state index is 12.6. The molecule has 1 rings (SSSR count). The maximum Gasteiger partial charge on any atom is 0.433 e. The number of nitrogens with zero attached hydrogens (tertiary/aromatic N) is 3. The second kappa shape index (κ2) is 6.05. The fourth-order valence-electron chi connectivity index (χ4n) is 1.32. The number of nitrogens with one attached hydrogen (secondary N) is 1. The molecular weight excluding hydrogens is 285 g/mol. The second-order valence-electron chi connectivity index (χ2n) is 3.57. The molecule has 0 aromatic carbocycles. The van der Waals surface area contributed by atoms with E-state index in [1.54, 1.807) is 6.92 Å². The van der Waals surface area contributed by atoms with Crippen LogP contribution in [0.5, 0.6) is 0 Å². The number of halogens is 4. The molecule has 1 heterocycles. The van der Waals surface area contributed by atoms with E-state index in [0.717, 1.165) is 6.07 Å². The van der Waals surface area contributed by atoms with E-state index in [0.29, 0.717) is 6.54 Å². The van der Waals surface area contributed by atoms with Gasteiger partial charge in [-0.05, 0) is 18.5 Å². The number of hydrogen-bond donors (Lipinski definition) is 1. The highest BCUT2D eigenvalue weighted by Gasteiger charge is 2.34. The number of likely N-dealkylation sites (N-methyl/N-ethyl adjacent to an activating group) is 2. The molecule has 1 aromatic heterocycles. The molecule has 1 amide bonds. The molecular formula is C10H12ClF3N4O. The number of rotatable bonds is 4. The van der Waals surface area contributed by atoms with Gasteiger partial charge in [-0.15, -0.1) is 0 Å². The van der Waals surface area contributed by atoms with Gasteiger partial charge < -0.3 is 10.2 Å². The molecule has 19 heavy (non-hydrogen) atoms. The summed E-state index contributed by atoms with van der Waals surface area (Å²) in [7, 11) is 1.43. The first-order chi connectivity index (χ1) is 8.77. The molecule has 0 bridgehead atoms. The lowest BCUT2D eigenvalue weighted by molar-refractivity contribution is -0.141. The SMILES string of the molecule is CCN(CC(=O)NC)c1cc(C(F)(F)F)nc(Cl)n1. The van der Waals surface area contributed by atoms with Crippen molar-refractivity contribution >= 4 is 23.3 Å². The van der Waals surface area contributed by atoms with Gasteiger partial charge in [0.15, 0.2) is 5.69 Å². The Bertz CT molecular complexity index is 467. The van der Waals surface area contributed by atoms with Crippen LogP contribution in [0.1, 0.15) is 12.6 Å². The first-order valence-electron chi connectivity index (χ1n) is 5.35. The Morgan fingerprint density at radius 1 is 1.47 bits per heavy atom. The summed E-state index contributed by atoms with van der Waals surface area (Å²) in [5.74, 6) is -0.386. The van der Waals surface area contributed by atoms with Crippen molar-refractivity contribution in [2.75, 3.05) is 25.0 Å². The fourth-order valence-corrected chi connectivity index (χ4v) is 1.50. The van der Waals surface area contributed by atoms with Crippen LogP contribution in [-0.4, -0.2) is 36.0 Å². The Hall–Kier alpha value is -1.57. The summed E-state index contributed by atoms with van der Waals surface area (Å²) in [5, 5.41) is 1.87. The zero-order valence-electron chi connectivity index (χ0n) is 10.3. The van der Waals surface area contributed by atoms with Crippen molar-refractivity contribution in [3.8, 4) is 0 Å². The van der Waals surface area contributed by atoms with E-state index in [-0.39, 0.29) is 18.3 Å². The molecule has 0 saturated heterocycles. The smallest absolute Gasteiger partial charge is 0.358 e. The van der Waals surface area contributed by atoms with Crippen molar-refractivity contribution in [1.29, 1.82) is 0 Å². The van der Waals surface area contributed by atoms with Crippen LogP contribution in [0, 0.1) is 0 Å². The van der Waals surface area contributed by atoms with Crippen molar-refractivity contribution in [3.63, 3.8) is 0 Å². The van der Waals surface area contributed by atoms with Crippen molar-refractivity contribution < 1.29 is 18.0 Å². The number of amides is 1. The lowest BCUT2D eigenvalue weighted by Crippen LogP contribution is -2.36. The van der Waals surface area contributed by atoms with Crippen LogP contribution in [0.15, 0.2) is 6.07 Å². The molecule has 0 spiro atoms. The number of alkyl halides is 3. The largest absolute Gasteiger partial charge is 0.433 e. The Morgan fingerprint density at radius 3 is 2.58 bits per heavy atom. The van der Waals surface area contributed by atoms with E-state index >= 15 is 0 Å². The normalized spacial score (nSPS) is 11.3. The van der Waals surface area contributed by atoms with E-state index in [1.807, 2.05) is 0 Å². The third-order valence-electron chi connectivity index (χ3n) is 2.29. The van der Waals surface area contributed by atoms with Crippen LogP contribution in [0.25, 0.3) is 0 Å². The molecule has 1 aromatic rings. The second-order valence-corrected chi connectivity index (χ2v) is 3.90. The van der Waals surface area contributed by atoms with Crippen LogP contribution in [0.4, 0.5) is 19.0 Å². The molecule has 0 aliphatic rings. The average Bonchev–Trinajstić information content (AvgIpc) is 2.33. The molecule has 0 unspecified atom stereocenters. The topological polar surface area (TPSA) is 58.1 Å². The molecule has 0 atom stereocenters. The quantitative estimate of drug-likeness (QED) is 0.860. The average molecular weight is 297 g/mol. The maximum atomic E-state index is 12.6. The van der Waals surface area contributed by atoms with E-state index in [4.69, 9.17) is 11.6 Å². The predicted octanol–water partition coefficient (Wildman–Crippen LogP) is 1.72. The lowest BCUT2D eigenvalue weighted by atomic mass is 10.3. The van der Waals surface area contributed by atoms with Gasteiger partial charge in [-0.3, -0.25) is 4.79 Å². The third-order valence-corrected chi connectivity index (χ3v) is 2.46. The summed E-state index contributed by atoms with van der Waals surface area (Å²) in [6.07, 6.45) is -4.62. The molecule has 0 radical (unpaired) electrons. The van der Waals surface area contributed by atoms with Crippen LogP contribution in [0.3, 0.4) is 0 Å². The molecule has 106 valence electrons. The van der Waals surface area contributed by atoms with Crippen molar-refractivity contribution in [2.24, 2.45) is 0 Å². The van der Waals surface area contributed by atoms with Crippen LogP contribution < -0.4 is 10.2 Å². The van der Waals surface area contributed by atoms with Gasteiger partial charge in [0.1, 0.15) is 5.82 Å². The van der Waals surface area contributed by atoms with Gasteiger partial charge in [-0.1, -0.05) is 0 Å². The number of anilines is 1. The van der Waals surface area contributed by atoms with Gasteiger partial charge in [0.05, 0.1) is 6.54 Å². The minimum Gasteiger partial charge on any atom is -0.358 e. The minimum atomic E-state index is -4.62. The van der Waals surface area contributed by atoms with E-state index in [1.165, 1.54) is 11.9 Å².